The zero-order chi connectivity index (χ0) is 18.3. The number of aliphatic hydroxyl groups is 1. The summed E-state index contributed by atoms with van der Waals surface area (Å²) in [7, 11) is 0. The van der Waals surface area contributed by atoms with E-state index in [4.69, 9.17) is 4.74 Å². The maximum atomic E-state index is 12.0. The topological polar surface area (TPSA) is 87.6 Å². The molecular formula is C19H22N4O3. The van der Waals surface area contributed by atoms with E-state index in [1.807, 2.05) is 18.2 Å². The second-order valence-electron chi connectivity index (χ2n) is 7.27. The second-order valence-corrected chi connectivity index (χ2v) is 7.27. The second kappa shape index (κ2) is 6.25. The number of amides is 1. The maximum Gasteiger partial charge on any atom is 0.268 e. The van der Waals surface area contributed by atoms with Crippen molar-refractivity contribution in [2.24, 2.45) is 0 Å². The summed E-state index contributed by atoms with van der Waals surface area (Å²) in [4.78, 5) is 23.0. The van der Waals surface area contributed by atoms with Crippen LogP contribution < -0.4 is 15.0 Å². The highest BCUT2D eigenvalue weighted by atomic mass is 16.5. The number of piperidine rings is 1. The van der Waals surface area contributed by atoms with E-state index in [2.05, 4.69) is 20.2 Å². The Bertz CT molecular complexity index is 827. The lowest BCUT2D eigenvalue weighted by molar-refractivity contribution is -0.129. The van der Waals surface area contributed by atoms with Gasteiger partial charge < -0.3 is 20.1 Å². The fourth-order valence-corrected chi connectivity index (χ4v) is 3.18. The van der Waals surface area contributed by atoms with Crippen LogP contribution in [0.1, 0.15) is 26.7 Å². The Hall–Kier alpha value is -2.67. The van der Waals surface area contributed by atoms with Crippen molar-refractivity contribution in [1.82, 2.24) is 9.97 Å². The number of rotatable bonds is 2. The van der Waals surface area contributed by atoms with Gasteiger partial charge in [0.2, 0.25) is 5.95 Å². The highest BCUT2D eigenvalue weighted by molar-refractivity contribution is 6.00. The van der Waals surface area contributed by atoms with Gasteiger partial charge in [-0.2, -0.15) is 0 Å². The van der Waals surface area contributed by atoms with Crippen molar-refractivity contribution < 1.29 is 14.6 Å². The van der Waals surface area contributed by atoms with Crippen LogP contribution in [-0.4, -0.2) is 45.8 Å². The quantitative estimate of drug-likeness (QED) is 0.860. The van der Waals surface area contributed by atoms with Gasteiger partial charge in [0.15, 0.2) is 5.60 Å². The molecule has 2 aliphatic rings. The average Bonchev–Trinajstić information content (AvgIpc) is 2.63. The largest absolute Gasteiger partial charge is 0.476 e. The Morgan fingerprint density at radius 1 is 1.19 bits per heavy atom. The van der Waals surface area contributed by atoms with Crippen LogP contribution >= 0.6 is 0 Å². The molecule has 0 bridgehead atoms. The van der Waals surface area contributed by atoms with E-state index in [-0.39, 0.29) is 12.0 Å². The van der Waals surface area contributed by atoms with Gasteiger partial charge in [0, 0.05) is 31.0 Å². The molecule has 2 aromatic rings. The molecule has 1 aromatic carbocycles. The van der Waals surface area contributed by atoms with Crippen LogP contribution in [0.3, 0.4) is 0 Å². The van der Waals surface area contributed by atoms with Gasteiger partial charge in [-0.3, -0.25) is 4.79 Å². The molecule has 1 aromatic heterocycles. The molecule has 0 atom stereocenters. The molecule has 0 spiro atoms. The third-order valence-corrected chi connectivity index (χ3v) is 4.86. The first-order valence-electron chi connectivity index (χ1n) is 8.82. The van der Waals surface area contributed by atoms with E-state index < -0.39 is 5.60 Å². The van der Waals surface area contributed by atoms with Gasteiger partial charge in [-0.1, -0.05) is 6.07 Å². The summed E-state index contributed by atoms with van der Waals surface area (Å²) in [6, 6.07) is 5.64. The number of anilines is 2. The molecule has 0 aliphatic carbocycles. The maximum absolute atomic E-state index is 12.0. The molecule has 7 nitrogen and oxygen atoms in total. The smallest absolute Gasteiger partial charge is 0.268 e. The summed E-state index contributed by atoms with van der Waals surface area (Å²) in [5.74, 6) is 1.17. The number of hydrogen-bond donors (Lipinski definition) is 2. The number of fused-ring (bicyclic) bond motifs is 1. The van der Waals surface area contributed by atoms with E-state index >= 15 is 0 Å². The Balaban J connectivity index is 1.56. The summed E-state index contributed by atoms with van der Waals surface area (Å²) in [6.07, 6.45) is 4.86. The predicted molar refractivity (Wildman–Crippen MR) is 98.3 cm³/mol. The van der Waals surface area contributed by atoms with Gasteiger partial charge in [-0.15, -0.1) is 0 Å². The zero-order valence-electron chi connectivity index (χ0n) is 14.9. The summed E-state index contributed by atoms with van der Waals surface area (Å²) >= 11 is 0. The lowest BCUT2D eigenvalue weighted by Gasteiger charge is -2.31. The fraction of sp³-hybridized carbons (Fsp3) is 0.421. The minimum atomic E-state index is -0.898. The molecule has 136 valence electrons. The fourth-order valence-electron chi connectivity index (χ4n) is 3.18. The minimum Gasteiger partial charge on any atom is -0.476 e. The standard InChI is InChI=1S/C19H22N4O3/c1-19(2)17(25)22-15-4-3-12(9-16(15)26-19)13-10-20-18(21-11-13)23-7-5-14(24)6-8-23/h3-4,9-11,14,24H,5-8H2,1-2H3,(H,22,25). The predicted octanol–water partition coefficient (Wildman–Crippen LogP) is 2.21. The zero-order valence-corrected chi connectivity index (χ0v) is 14.9. The number of carbonyl (C=O) groups excluding carboxylic acids is 1. The van der Waals surface area contributed by atoms with Crippen molar-refractivity contribution in [3.05, 3.63) is 30.6 Å². The number of benzene rings is 1. The average molecular weight is 354 g/mol. The molecule has 4 rings (SSSR count). The summed E-state index contributed by atoms with van der Waals surface area (Å²) in [5.41, 5.74) is 1.58. The van der Waals surface area contributed by atoms with Crippen molar-refractivity contribution in [3.63, 3.8) is 0 Å². The third-order valence-electron chi connectivity index (χ3n) is 4.86. The van der Waals surface area contributed by atoms with E-state index in [9.17, 15) is 9.90 Å². The third kappa shape index (κ3) is 3.10. The van der Waals surface area contributed by atoms with Crippen molar-refractivity contribution >= 4 is 17.5 Å². The van der Waals surface area contributed by atoms with E-state index in [0.717, 1.165) is 37.1 Å². The molecule has 1 saturated heterocycles. The molecule has 0 radical (unpaired) electrons. The normalized spacial score (nSPS) is 19.5. The number of ether oxygens (including phenoxy) is 1. The molecule has 7 heteroatoms. The van der Waals surface area contributed by atoms with Gasteiger partial charge in [0.1, 0.15) is 5.75 Å². The van der Waals surface area contributed by atoms with Gasteiger partial charge in [-0.25, -0.2) is 9.97 Å². The van der Waals surface area contributed by atoms with Gasteiger partial charge in [0.05, 0.1) is 11.8 Å². The molecule has 0 unspecified atom stereocenters. The molecule has 1 amide bonds. The molecule has 2 aliphatic heterocycles. The number of nitrogens with one attached hydrogen (secondary N) is 1. The van der Waals surface area contributed by atoms with Crippen LogP contribution in [0.2, 0.25) is 0 Å². The SMILES string of the molecule is CC1(C)Oc2cc(-c3cnc(N4CCC(O)CC4)nc3)ccc2NC1=O. The first-order valence-corrected chi connectivity index (χ1v) is 8.82. The molecule has 3 heterocycles. The summed E-state index contributed by atoms with van der Waals surface area (Å²) < 4.78 is 5.84. The number of carbonyl (C=O) groups is 1. The first kappa shape index (κ1) is 16.8. The molecule has 2 N–H and O–H groups in total. The molecule has 0 saturated carbocycles. The van der Waals surface area contributed by atoms with E-state index in [0.29, 0.717) is 17.4 Å². The van der Waals surface area contributed by atoms with Crippen LogP contribution in [0.4, 0.5) is 11.6 Å². The lowest BCUT2D eigenvalue weighted by atomic mass is 10.0. The van der Waals surface area contributed by atoms with Crippen LogP contribution in [0.15, 0.2) is 30.6 Å². The van der Waals surface area contributed by atoms with Crippen molar-refractivity contribution in [2.45, 2.75) is 38.4 Å². The summed E-state index contributed by atoms with van der Waals surface area (Å²) in [6.45, 7) is 5.01. The van der Waals surface area contributed by atoms with Crippen LogP contribution in [0.5, 0.6) is 5.75 Å². The van der Waals surface area contributed by atoms with Gasteiger partial charge in [0.25, 0.3) is 5.91 Å². The summed E-state index contributed by atoms with van der Waals surface area (Å²) in [5, 5.41) is 12.5. The van der Waals surface area contributed by atoms with E-state index in [1.165, 1.54) is 0 Å². The van der Waals surface area contributed by atoms with Gasteiger partial charge >= 0.3 is 0 Å². The first-order chi connectivity index (χ1) is 12.4. The Kier molecular flexibility index (Phi) is 4.03. The number of nitrogens with zero attached hydrogens (tertiary/aromatic N) is 3. The van der Waals surface area contributed by atoms with Crippen LogP contribution in [-0.2, 0) is 4.79 Å². The number of hydrogen-bond acceptors (Lipinski definition) is 6. The van der Waals surface area contributed by atoms with Crippen molar-refractivity contribution in [2.75, 3.05) is 23.3 Å². The van der Waals surface area contributed by atoms with Crippen LogP contribution in [0.25, 0.3) is 11.1 Å². The van der Waals surface area contributed by atoms with Crippen molar-refractivity contribution in [1.29, 1.82) is 0 Å². The molecule has 26 heavy (non-hydrogen) atoms. The van der Waals surface area contributed by atoms with Crippen molar-refractivity contribution in [3.8, 4) is 16.9 Å². The Morgan fingerprint density at radius 3 is 2.58 bits per heavy atom. The lowest BCUT2D eigenvalue weighted by Crippen LogP contribution is -2.45. The number of aliphatic hydroxyl groups excluding tert-OH is 1. The molecular weight excluding hydrogens is 332 g/mol. The highest BCUT2D eigenvalue weighted by Gasteiger charge is 2.35. The minimum absolute atomic E-state index is 0.155. The van der Waals surface area contributed by atoms with Crippen LogP contribution in [0, 0.1) is 0 Å². The van der Waals surface area contributed by atoms with E-state index in [1.54, 1.807) is 26.2 Å². The molecule has 1 fully saturated rings. The van der Waals surface area contributed by atoms with Gasteiger partial charge in [-0.05, 0) is 44.4 Å². The Morgan fingerprint density at radius 2 is 1.88 bits per heavy atom. The monoisotopic (exact) mass is 354 g/mol. The number of aromatic nitrogens is 2. The Labute approximate surface area is 152 Å². The highest BCUT2D eigenvalue weighted by Crippen LogP contribution is 2.36.